The van der Waals surface area contributed by atoms with Gasteiger partial charge in [0.15, 0.2) is 0 Å². The summed E-state index contributed by atoms with van der Waals surface area (Å²) in [6, 6.07) is 8.65. The summed E-state index contributed by atoms with van der Waals surface area (Å²) in [5.74, 6) is 0.351. The number of hydrogen-bond donors (Lipinski definition) is 2. The first-order chi connectivity index (χ1) is 10.9. The summed E-state index contributed by atoms with van der Waals surface area (Å²) < 4.78 is 0. The molecule has 0 unspecified atom stereocenters. The van der Waals surface area contributed by atoms with E-state index in [-0.39, 0.29) is 5.91 Å². The molecule has 1 heterocycles. The molecule has 0 radical (unpaired) electrons. The van der Waals surface area contributed by atoms with E-state index in [1.54, 1.807) is 0 Å². The van der Waals surface area contributed by atoms with Crippen molar-refractivity contribution in [3.05, 3.63) is 35.0 Å². The van der Waals surface area contributed by atoms with Crippen molar-refractivity contribution in [1.29, 1.82) is 5.26 Å². The molecule has 0 spiro atoms. The predicted octanol–water partition coefficient (Wildman–Crippen LogP) is 3.91. The van der Waals surface area contributed by atoms with Gasteiger partial charge < -0.3 is 10.3 Å². The molecule has 4 nitrogen and oxygen atoms in total. The number of H-pyrrole nitrogens is 1. The lowest BCUT2D eigenvalue weighted by Crippen LogP contribution is -2.44. The summed E-state index contributed by atoms with van der Waals surface area (Å²) in [6.45, 7) is 6.96. The maximum Gasteiger partial charge on any atom is 0.240 e. The molecule has 0 atom stereocenters. The van der Waals surface area contributed by atoms with Crippen molar-refractivity contribution < 1.29 is 4.79 Å². The van der Waals surface area contributed by atoms with Crippen LogP contribution in [-0.2, 0) is 11.3 Å². The largest absolute Gasteiger partial charge is 0.357 e. The van der Waals surface area contributed by atoms with Gasteiger partial charge in [-0.25, -0.2) is 0 Å². The maximum absolute atomic E-state index is 12.2. The molecule has 23 heavy (non-hydrogen) atoms. The van der Waals surface area contributed by atoms with Gasteiger partial charge >= 0.3 is 0 Å². The molecule has 1 aliphatic carbocycles. The molecule has 120 valence electrons. The average molecular weight is 309 g/mol. The second-order valence-electron chi connectivity index (χ2n) is 6.98. The molecule has 3 rings (SSSR count). The molecule has 4 heteroatoms. The zero-order valence-electron chi connectivity index (χ0n) is 14.0. The van der Waals surface area contributed by atoms with Crippen molar-refractivity contribution >= 4 is 16.8 Å². The molecular weight excluding hydrogens is 286 g/mol. The number of nitriles is 1. The molecule has 1 amide bonds. The van der Waals surface area contributed by atoms with Crippen LogP contribution in [0, 0.1) is 23.7 Å². The van der Waals surface area contributed by atoms with E-state index >= 15 is 0 Å². The molecule has 0 aliphatic heterocycles. The van der Waals surface area contributed by atoms with Crippen LogP contribution in [0.15, 0.2) is 18.2 Å². The Balaban J connectivity index is 1.76. The third-order valence-corrected chi connectivity index (χ3v) is 4.98. The number of nitrogens with zero attached hydrogens (tertiary/aromatic N) is 1. The minimum atomic E-state index is -0.784. The van der Waals surface area contributed by atoms with Gasteiger partial charge in [-0.05, 0) is 66.8 Å². The summed E-state index contributed by atoms with van der Waals surface area (Å²) in [4.78, 5) is 15.6. The third kappa shape index (κ3) is 2.72. The van der Waals surface area contributed by atoms with Crippen LogP contribution in [0.2, 0.25) is 0 Å². The molecule has 2 aromatic rings. The number of carbonyl (C=O) groups is 1. The summed E-state index contributed by atoms with van der Waals surface area (Å²) in [5.41, 5.74) is 3.92. The second-order valence-corrected chi connectivity index (χ2v) is 6.98. The van der Waals surface area contributed by atoms with E-state index in [0.29, 0.717) is 25.3 Å². The normalized spacial score (nSPS) is 16.1. The van der Waals surface area contributed by atoms with Gasteiger partial charge in [0.1, 0.15) is 5.41 Å². The fourth-order valence-corrected chi connectivity index (χ4v) is 3.35. The third-order valence-electron chi connectivity index (χ3n) is 4.98. The lowest BCUT2D eigenvalue weighted by molar-refractivity contribution is -0.131. The van der Waals surface area contributed by atoms with E-state index in [0.717, 1.165) is 23.0 Å². The minimum absolute atomic E-state index is 0.135. The molecule has 1 aromatic carbocycles. The number of fused-ring (bicyclic) bond motifs is 1. The van der Waals surface area contributed by atoms with Gasteiger partial charge in [0.05, 0.1) is 12.6 Å². The first-order valence-corrected chi connectivity index (χ1v) is 8.27. The Labute approximate surface area is 136 Å². The van der Waals surface area contributed by atoms with Crippen LogP contribution < -0.4 is 5.32 Å². The predicted molar refractivity (Wildman–Crippen MR) is 90.9 cm³/mol. The van der Waals surface area contributed by atoms with E-state index in [2.05, 4.69) is 55.3 Å². The standard InChI is InChI=1S/C19H23N3O/c1-12(2)16-9-17-14(7-13(16)3)8-15(22-17)10-21-18(23)19(11-20)5-4-6-19/h7-9,12,22H,4-6,10H2,1-3H3,(H,21,23). The molecule has 0 saturated heterocycles. The van der Waals surface area contributed by atoms with Crippen LogP contribution in [0.4, 0.5) is 0 Å². The zero-order valence-corrected chi connectivity index (χ0v) is 14.0. The number of benzene rings is 1. The van der Waals surface area contributed by atoms with Gasteiger partial charge in [0.25, 0.3) is 0 Å². The van der Waals surface area contributed by atoms with Gasteiger partial charge in [-0.15, -0.1) is 0 Å². The van der Waals surface area contributed by atoms with Crippen molar-refractivity contribution in [1.82, 2.24) is 10.3 Å². The smallest absolute Gasteiger partial charge is 0.240 e. The second kappa shape index (κ2) is 5.73. The number of carbonyl (C=O) groups excluding carboxylic acids is 1. The fourth-order valence-electron chi connectivity index (χ4n) is 3.35. The Morgan fingerprint density at radius 1 is 1.39 bits per heavy atom. The highest BCUT2D eigenvalue weighted by molar-refractivity contribution is 5.86. The first kappa shape index (κ1) is 15.6. The maximum atomic E-state index is 12.2. The van der Waals surface area contributed by atoms with Crippen LogP contribution in [0.1, 0.15) is 55.8 Å². The van der Waals surface area contributed by atoms with Crippen LogP contribution in [0.3, 0.4) is 0 Å². The molecule has 2 N–H and O–H groups in total. The molecule has 1 aliphatic rings. The Kier molecular flexibility index (Phi) is 3.89. The fraction of sp³-hybridized carbons (Fsp3) is 0.474. The van der Waals surface area contributed by atoms with Gasteiger partial charge in [-0.3, -0.25) is 4.79 Å². The monoisotopic (exact) mass is 309 g/mol. The first-order valence-electron chi connectivity index (χ1n) is 8.27. The van der Waals surface area contributed by atoms with Gasteiger partial charge in [0.2, 0.25) is 5.91 Å². The number of aryl methyl sites for hydroxylation is 1. The van der Waals surface area contributed by atoms with Crippen LogP contribution in [0.25, 0.3) is 10.9 Å². The summed E-state index contributed by atoms with van der Waals surface area (Å²) in [5, 5.41) is 13.3. The van der Waals surface area contributed by atoms with Crippen molar-refractivity contribution in [2.45, 2.75) is 52.5 Å². The molecule has 1 aromatic heterocycles. The molecule has 1 saturated carbocycles. The van der Waals surface area contributed by atoms with Crippen molar-refractivity contribution in [2.24, 2.45) is 5.41 Å². The lowest BCUT2D eigenvalue weighted by atomic mass is 9.69. The number of rotatable bonds is 4. The summed E-state index contributed by atoms with van der Waals surface area (Å²) in [6.07, 6.45) is 2.32. The van der Waals surface area contributed by atoms with Crippen LogP contribution in [-0.4, -0.2) is 10.9 Å². The number of aromatic nitrogens is 1. The Morgan fingerprint density at radius 2 is 2.13 bits per heavy atom. The van der Waals surface area contributed by atoms with E-state index in [1.165, 1.54) is 11.1 Å². The number of aromatic amines is 1. The SMILES string of the molecule is Cc1cc2cc(CNC(=O)C3(C#N)CCC3)[nH]c2cc1C(C)C. The van der Waals surface area contributed by atoms with Crippen molar-refractivity contribution in [3.8, 4) is 6.07 Å². The highest BCUT2D eigenvalue weighted by Gasteiger charge is 2.44. The van der Waals surface area contributed by atoms with Gasteiger partial charge in [-0.2, -0.15) is 5.26 Å². The lowest BCUT2D eigenvalue weighted by Gasteiger charge is -2.33. The van der Waals surface area contributed by atoms with E-state index in [4.69, 9.17) is 0 Å². The van der Waals surface area contributed by atoms with E-state index in [9.17, 15) is 10.1 Å². The Bertz CT molecular complexity index is 791. The number of nitrogens with one attached hydrogen (secondary N) is 2. The van der Waals surface area contributed by atoms with Crippen LogP contribution in [0.5, 0.6) is 0 Å². The number of hydrogen-bond acceptors (Lipinski definition) is 2. The molecule has 0 bridgehead atoms. The minimum Gasteiger partial charge on any atom is -0.357 e. The average Bonchev–Trinajstić information content (AvgIpc) is 2.85. The van der Waals surface area contributed by atoms with Gasteiger partial charge in [-0.1, -0.05) is 13.8 Å². The van der Waals surface area contributed by atoms with Gasteiger partial charge in [0, 0.05) is 11.2 Å². The topological polar surface area (TPSA) is 68.7 Å². The quantitative estimate of drug-likeness (QED) is 0.899. The zero-order chi connectivity index (χ0) is 16.6. The molecular formula is C19H23N3O. The summed E-state index contributed by atoms with van der Waals surface area (Å²) >= 11 is 0. The summed E-state index contributed by atoms with van der Waals surface area (Å²) in [7, 11) is 0. The molecule has 1 fully saturated rings. The highest BCUT2D eigenvalue weighted by atomic mass is 16.2. The Hall–Kier alpha value is -2.28. The van der Waals surface area contributed by atoms with Crippen molar-refractivity contribution in [3.63, 3.8) is 0 Å². The van der Waals surface area contributed by atoms with Crippen molar-refractivity contribution in [2.75, 3.05) is 0 Å². The highest BCUT2D eigenvalue weighted by Crippen LogP contribution is 2.40. The Morgan fingerprint density at radius 3 is 2.70 bits per heavy atom. The van der Waals surface area contributed by atoms with E-state index < -0.39 is 5.41 Å². The number of amides is 1. The van der Waals surface area contributed by atoms with Crippen LogP contribution >= 0.6 is 0 Å². The van der Waals surface area contributed by atoms with E-state index in [1.807, 2.05) is 0 Å².